The van der Waals surface area contributed by atoms with Crippen molar-refractivity contribution < 1.29 is 14.6 Å². The smallest absolute Gasteiger partial charge is 0.274 e. The minimum Gasteiger partial charge on any atom is -0.391 e. The van der Waals surface area contributed by atoms with E-state index < -0.39 is 6.10 Å². The number of methoxy groups -OCH3 is 1. The maximum absolute atomic E-state index is 13.6. The average molecular weight is 530 g/mol. The normalized spacial score (nSPS) is 20.0. The number of nitrogens with two attached hydrogens (primary N) is 1. The van der Waals surface area contributed by atoms with E-state index in [-0.39, 0.29) is 24.5 Å². The quantitative estimate of drug-likeness (QED) is 0.378. The van der Waals surface area contributed by atoms with Gasteiger partial charge in [0.15, 0.2) is 0 Å². The average Bonchev–Trinajstić information content (AvgIpc) is 3.69. The number of pyridine rings is 1. The van der Waals surface area contributed by atoms with Crippen LogP contribution in [0.4, 0.5) is 11.5 Å². The molecule has 0 aliphatic carbocycles. The number of ether oxygens (including phenoxy) is 1. The molecule has 204 valence electrons. The Hall–Kier alpha value is -3.73. The van der Waals surface area contributed by atoms with Crippen LogP contribution in [-0.2, 0) is 24.2 Å². The Morgan fingerprint density at radius 2 is 2.00 bits per heavy atom. The van der Waals surface area contributed by atoms with Crippen LogP contribution in [0.2, 0.25) is 0 Å². The summed E-state index contributed by atoms with van der Waals surface area (Å²) < 4.78 is 9.57. The molecule has 1 aromatic carbocycles. The van der Waals surface area contributed by atoms with E-state index in [1.165, 1.54) is 5.56 Å². The molecule has 1 amide bonds. The van der Waals surface area contributed by atoms with Gasteiger partial charge < -0.3 is 29.8 Å². The van der Waals surface area contributed by atoms with Gasteiger partial charge in [0, 0.05) is 57.3 Å². The lowest BCUT2D eigenvalue weighted by Crippen LogP contribution is -2.47. The predicted molar refractivity (Wildman–Crippen MR) is 148 cm³/mol. The Bertz CT molecular complexity index is 1500. The summed E-state index contributed by atoms with van der Waals surface area (Å²) in [5.74, 6) is 0.941. The third kappa shape index (κ3) is 4.69. The molecule has 2 aliphatic heterocycles. The molecule has 4 aromatic rings. The van der Waals surface area contributed by atoms with Crippen LogP contribution < -0.4 is 10.6 Å². The molecule has 2 aliphatic rings. The third-order valence-corrected chi connectivity index (χ3v) is 8.22. The highest BCUT2D eigenvalue weighted by Gasteiger charge is 2.32. The second-order valence-electron chi connectivity index (χ2n) is 10.5. The van der Waals surface area contributed by atoms with Crippen molar-refractivity contribution in [2.75, 3.05) is 31.6 Å². The van der Waals surface area contributed by atoms with Gasteiger partial charge in [-0.15, -0.1) is 0 Å². The number of aromatic nitrogens is 4. The van der Waals surface area contributed by atoms with Crippen LogP contribution in [0.1, 0.15) is 46.6 Å². The number of anilines is 2. The molecule has 1 unspecified atom stereocenters. The summed E-state index contributed by atoms with van der Waals surface area (Å²) in [5.41, 5.74) is 11.1. The lowest BCUT2D eigenvalue weighted by molar-refractivity contribution is 0.0194. The second-order valence-corrected chi connectivity index (χ2v) is 10.5. The lowest BCUT2D eigenvalue weighted by atomic mass is 9.86. The van der Waals surface area contributed by atoms with Crippen molar-refractivity contribution in [2.45, 2.75) is 45.1 Å². The Balaban J connectivity index is 1.24. The van der Waals surface area contributed by atoms with Gasteiger partial charge in [-0.2, -0.15) is 5.10 Å². The number of carbonyl (C=O) groups excluding carboxylic acids is 1. The molecule has 3 aromatic heterocycles. The van der Waals surface area contributed by atoms with Gasteiger partial charge in [-0.25, -0.2) is 9.67 Å². The molecular formula is C29H35N7O3. The number of imidazole rings is 1. The molecule has 1 saturated heterocycles. The molecule has 6 rings (SSSR count). The molecule has 39 heavy (non-hydrogen) atoms. The van der Waals surface area contributed by atoms with Crippen molar-refractivity contribution in [2.24, 2.45) is 11.7 Å². The van der Waals surface area contributed by atoms with Crippen LogP contribution in [0.15, 0.2) is 55.0 Å². The van der Waals surface area contributed by atoms with Gasteiger partial charge in [-0.1, -0.05) is 24.3 Å². The molecule has 0 bridgehead atoms. The summed E-state index contributed by atoms with van der Waals surface area (Å²) >= 11 is 0. The van der Waals surface area contributed by atoms with E-state index in [0.717, 1.165) is 48.6 Å². The van der Waals surface area contributed by atoms with Gasteiger partial charge >= 0.3 is 0 Å². The van der Waals surface area contributed by atoms with Gasteiger partial charge in [0.25, 0.3) is 5.91 Å². The number of amides is 1. The van der Waals surface area contributed by atoms with Crippen molar-refractivity contribution in [1.82, 2.24) is 24.1 Å². The summed E-state index contributed by atoms with van der Waals surface area (Å²) in [5, 5.41) is 15.4. The lowest BCUT2D eigenvalue weighted by Gasteiger charge is -2.36. The van der Waals surface area contributed by atoms with Crippen molar-refractivity contribution in [3.05, 3.63) is 77.4 Å². The Morgan fingerprint density at radius 1 is 1.18 bits per heavy atom. The maximum Gasteiger partial charge on any atom is 0.274 e. The number of hydrogen-bond acceptors (Lipinski definition) is 7. The molecule has 10 nitrogen and oxygen atoms in total. The molecule has 10 heteroatoms. The van der Waals surface area contributed by atoms with Crippen LogP contribution >= 0.6 is 0 Å². The minimum atomic E-state index is -0.610. The number of piperidine rings is 1. The van der Waals surface area contributed by atoms with Crippen LogP contribution in [0.25, 0.3) is 5.65 Å². The van der Waals surface area contributed by atoms with Gasteiger partial charge in [0.1, 0.15) is 17.2 Å². The first-order valence-electron chi connectivity index (χ1n) is 13.6. The van der Waals surface area contributed by atoms with Gasteiger partial charge in [0.2, 0.25) is 0 Å². The third-order valence-electron chi connectivity index (χ3n) is 8.22. The Labute approximate surface area is 227 Å². The molecule has 3 N–H and O–H groups in total. The molecule has 3 atom stereocenters. The second kappa shape index (κ2) is 10.4. The van der Waals surface area contributed by atoms with E-state index in [1.54, 1.807) is 24.4 Å². The van der Waals surface area contributed by atoms with E-state index in [4.69, 9.17) is 15.5 Å². The van der Waals surface area contributed by atoms with Gasteiger partial charge in [0.05, 0.1) is 30.6 Å². The number of likely N-dealkylation sites (tertiary alicyclic amines) is 1. The highest BCUT2D eigenvalue weighted by Crippen LogP contribution is 2.33. The van der Waals surface area contributed by atoms with Gasteiger partial charge in [-0.05, 0) is 42.9 Å². The van der Waals surface area contributed by atoms with E-state index in [1.807, 2.05) is 46.5 Å². The highest BCUT2D eigenvalue weighted by molar-refractivity contribution is 5.93. The van der Waals surface area contributed by atoms with Crippen LogP contribution in [0, 0.1) is 5.92 Å². The largest absolute Gasteiger partial charge is 0.391 e. The van der Waals surface area contributed by atoms with Crippen LogP contribution in [-0.4, -0.2) is 67.9 Å². The molecule has 5 heterocycles. The molecule has 0 saturated carbocycles. The zero-order valence-electron chi connectivity index (χ0n) is 22.4. The first-order valence-corrected chi connectivity index (χ1v) is 13.6. The molecule has 1 fully saturated rings. The number of fused-ring (bicyclic) bond motifs is 2. The maximum atomic E-state index is 13.6. The van der Waals surface area contributed by atoms with E-state index >= 15 is 0 Å². The van der Waals surface area contributed by atoms with E-state index in [9.17, 15) is 9.90 Å². The van der Waals surface area contributed by atoms with Crippen molar-refractivity contribution in [3.63, 3.8) is 0 Å². The summed E-state index contributed by atoms with van der Waals surface area (Å²) in [4.78, 5) is 22.3. The molecule has 0 spiro atoms. The summed E-state index contributed by atoms with van der Waals surface area (Å²) in [6, 6.07) is 12.2. The van der Waals surface area contributed by atoms with E-state index in [0.29, 0.717) is 24.4 Å². The van der Waals surface area contributed by atoms with Crippen LogP contribution in [0.3, 0.4) is 0 Å². The number of hydrogen-bond donors (Lipinski definition) is 2. The van der Waals surface area contributed by atoms with Crippen LogP contribution in [0.5, 0.6) is 0 Å². The number of β-amino-alcohol motifs (C(OH)–C–C–N with tert-alkyl or cyclic N) is 1. The number of aliphatic hydroxyl groups excluding tert-OH is 1. The number of nitrogens with zero attached hydrogens (tertiary/aromatic N) is 6. The molecule has 0 radical (unpaired) electrons. The Kier molecular flexibility index (Phi) is 6.84. The topological polar surface area (TPSA) is 114 Å². The SMILES string of the molecule is CO[C@H](C)c1cc(N2CCn3nccc32)cn2cc(C(=O)N3CCC(Cc4ccccc4CN)[C@H](O)C3)nc12. The monoisotopic (exact) mass is 529 g/mol. The molecular weight excluding hydrogens is 494 g/mol. The van der Waals surface area contributed by atoms with Crippen molar-refractivity contribution >= 4 is 23.1 Å². The number of rotatable bonds is 7. The fourth-order valence-corrected chi connectivity index (χ4v) is 5.89. The standard InChI is InChI=1S/C29H35N7O3/c1-19(39-2)24-14-23(35-11-12-36-27(35)7-9-31-36)16-34-17-25(32-28(24)34)29(38)33-10-8-21(26(37)18-33)13-20-5-3-4-6-22(20)15-30/h3-7,9,14,16-17,19,21,26,37H,8,10-13,15,18,30H2,1-2H3/t19-,21?,26-/m1/s1. The zero-order chi connectivity index (χ0) is 27.1. The minimum absolute atomic E-state index is 0.0773. The van der Waals surface area contributed by atoms with E-state index in [2.05, 4.69) is 22.1 Å². The van der Waals surface area contributed by atoms with Gasteiger partial charge in [-0.3, -0.25) is 4.79 Å². The number of carbonyl (C=O) groups is 1. The number of benzene rings is 1. The summed E-state index contributed by atoms with van der Waals surface area (Å²) in [7, 11) is 1.67. The van der Waals surface area contributed by atoms with Crippen molar-refractivity contribution in [1.29, 1.82) is 0 Å². The fourth-order valence-electron chi connectivity index (χ4n) is 5.89. The zero-order valence-corrected chi connectivity index (χ0v) is 22.4. The summed E-state index contributed by atoms with van der Waals surface area (Å²) in [6.07, 6.45) is 6.25. The first-order chi connectivity index (χ1) is 19.0. The number of aliphatic hydroxyl groups is 1. The first kappa shape index (κ1) is 25.5. The fraction of sp³-hybridized carbons (Fsp3) is 0.414. The highest BCUT2D eigenvalue weighted by atomic mass is 16.5. The predicted octanol–water partition coefficient (Wildman–Crippen LogP) is 2.91. The van der Waals surface area contributed by atoms with Crippen molar-refractivity contribution in [3.8, 4) is 0 Å². The Morgan fingerprint density at radius 3 is 2.77 bits per heavy atom. The summed E-state index contributed by atoms with van der Waals surface area (Å²) in [6.45, 7) is 4.95.